The van der Waals surface area contributed by atoms with Gasteiger partial charge < -0.3 is 24.4 Å². The molecule has 1 N–H and O–H groups in total. The lowest BCUT2D eigenvalue weighted by atomic mass is 10.1. The number of pyridine rings is 1. The first-order valence-corrected chi connectivity index (χ1v) is 11.2. The number of nitrogens with zero attached hydrogens (tertiary/aromatic N) is 5. The molecule has 2 saturated heterocycles. The minimum absolute atomic E-state index is 0.154. The number of benzene rings is 1. The summed E-state index contributed by atoms with van der Waals surface area (Å²) in [7, 11) is 0. The Morgan fingerprint density at radius 2 is 1.70 bits per heavy atom. The topological polar surface area (TPSA) is 101 Å². The van der Waals surface area contributed by atoms with Crippen LogP contribution in [0.4, 0.5) is 11.8 Å². The van der Waals surface area contributed by atoms with E-state index in [1.54, 1.807) is 18.2 Å². The van der Waals surface area contributed by atoms with Crippen LogP contribution in [0.25, 0.3) is 22.3 Å². The molecule has 0 amide bonds. The fraction of sp³-hybridized carbons (Fsp3) is 0.417. The van der Waals surface area contributed by atoms with E-state index in [4.69, 9.17) is 24.4 Å². The summed E-state index contributed by atoms with van der Waals surface area (Å²) in [6.45, 7) is 8.23. The molecule has 0 aliphatic carbocycles. The van der Waals surface area contributed by atoms with Crippen LogP contribution in [0.3, 0.4) is 0 Å². The maximum atomic E-state index is 11.4. The predicted molar refractivity (Wildman–Crippen MR) is 125 cm³/mol. The SMILES string of the molecule is CC1COCCN1c1nc(N2CCOCC2C)c2ccc(-c3cccc(C(=O)O)c3)nc2n1. The summed E-state index contributed by atoms with van der Waals surface area (Å²) in [6, 6.07) is 11.0. The first kappa shape index (κ1) is 21.5. The van der Waals surface area contributed by atoms with Crippen molar-refractivity contribution in [2.45, 2.75) is 25.9 Å². The maximum Gasteiger partial charge on any atom is 0.335 e. The van der Waals surface area contributed by atoms with Crippen LogP contribution < -0.4 is 9.80 Å². The second-order valence-corrected chi connectivity index (χ2v) is 8.54. The molecule has 2 aromatic heterocycles. The average Bonchev–Trinajstić information content (AvgIpc) is 2.84. The second kappa shape index (κ2) is 8.92. The van der Waals surface area contributed by atoms with Gasteiger partial charge in [0.25, 0.3) is 0 Å². The number of fused-ring (bicyclic) bond motifs is 1. The Kier molecular flexibility index (Phi) is 5.82. The van der Waals surface area contributed by atoms with E-state index in [-0.39, 0.29) is 17.6 Å². The van der Waals surface area contributed by atoms with Crippen LogP contribution in [0.15, 0.2) is 36.4 Å². The molecule has 4 heterocycles. The van der Waals surface area contributed by atoms with Gasteiger partial charge in [0.15, 0.2) is 5.65 Å². The molecule has 2 fully saturated rings. The smallest absolute Gasteiger partial charge is 0.335 e. The maximum absolute atomic E-state index is 11.4. The van der Waals surface area contributed by atoms with E-state index in [0.29, 0.717) is 50.3 Å². The molecule has 172 valence electrons. The lowest BCUT2D eigenvalue weighted by Crippen LogP contribution is -2.46. The van der Waals surface area contributed by atoms with Gasteiger partial charge >= 0.3 is 5.97 Å². The molecule has 0 radical (unpaired) electrons. The first-order chi connectivity index (χ1) is 16.0. The van der Waals surface area contributed by atoms with E-state index < -0.39 is 5.97 Å². The zero-order valence-electron chi connectivity index (χ0n) is 18.8. The molecule has 3 aromatic rings. The number of rotatable bonds is 4. The molecule has 2 atom stereocenters. The standard InChI is InChI=1S/C24H27N5O4/c1-15-13-32-10-8-28(15)22-19-6-7-20(17-4-3-5-18(12-17)23(30)31)25-21(19)26-24(27-22)29-9-11-33-14-16(29)2/h3-7,12,15-16H,8-11,13-14H2,1-2H3,(H,30,31). The van der Waals surface area contributed by atoms with Gasteiger partial charge in [0, 0.05) is 18.7 Å². The molecule has 9 heteroatoms. The molecule has 9 nitrogen and oxygen atoms in total. The number of carboxylic acids is 1. The molecule has 0 bridgehead atoms. The Morgan fingerprint density at radius 1 is 0.970 bits per heavy atom. The molecular weight excluding hydrogens is 422 g/mol. The minimum Gasteiger partial charge on any atom is -0.478 e. The number of hydrogen-bond acceptors (Lipinski definition) is 8. The number of carbonyl (C=O) groups is 1. The molecule has 33 heavy (non-hydrogen) atoms. The zero-order chi connectivity index (χ0) is 22.9. The van der Waals surface area contributed by atoms with Gasteiger partial charge in [-0.15, -0.1) is 0 Å². The monoisotopic (exact) mass is 449 g/mol. The van der Waals surface area contributed by atoms with Crippen LogP contribution in [0, 0.1) is 0 Å². The third-order valence-corrected chi connectivity index (χ3v) is 6.20. The molecule has 5 rings (SSSR count). The number of hydrogen-bond donors (Lipinski definition) is 1. The first-order valence-electron chi connectivity index (χ1n) is 11.2. The Balaban J connectivity index is 1.65. The normalized spacial score (nSPS) is 21.4. The van der Waals surface area contributed by atoms with Crippen molar-refractivity contribution in [3.05, 3.63) is 42.0 Å². The third kappa shape index (κ3) is 4.21. The fourth-order valence-electron chi connectivity index (χ4n) is 4.37. The number of anilines is 2. The van der Waals surface area contributed by atoms with Crippen molar-refractivity contribution < 1.29 is 19.4 Å². The summed E-state index contributed by atoms with van der Waals surface area (Å²) in [4.78, 5) is 30.5. The Morgan fingerprint density at radius 3 is 2.39 bits per heavy atom. The molecule has 2 aliphatic heterocycles. The van der Waals surface area contributed by atoms with Crippen molar-refractivity contribution in [1.82, 2.24) is 15.0 Å². The van der Waals surface area contributed by atoms with Crippen LogP contribution in [0.5, 0.6) is 0 Å². The van der Waals surface area contributed by atoms with Gasteiger partial charge in [0.05, 0.1) is 55.2 Å². The van der Waals surface area contributed by atoms with Crippen molar-refractivity contribution in [2.24, 2.45) is 0 Å². The van der Waals surface area contributed by atoms with E-state index in [1.807, 2.05) is 18.2 Å². The second-order valence-electron chi connectivity index (χ2n) is 8.54. The largest absolute Gasteiger partial charge is 0.478 e. The van der Waals surface area contributed by atoms with Gasteiger partial charge in [-0.2, -0.15) is 9.97 Å². The Labute approximate surface area is 192 Å². The van der Waals surface area contributed by atoms with Gasteiger partial charge in [-0.05, 0) is 38.1 Å². The predicted octanol–water partition coefficient (Wildman–Crippen LogP) is 2.84. The number of ether oxygens (including phenoxy) is 2. The van der Waals surface area contributed by atoms with Crippen LogP contribution >= 0.6 is 0 Å². The van der Waals surface area contributed by atoms with E-state index in [0.717, 1.165) is 23.3 Å². The number of morpholine rings is 2. The highest BCUT2D eigenvalue weighted by molar-refractivity contribution is 5.91. The summed E-state index contributed by atoms with van der Waals surface area (Å²) in [5.74, 6) is 0.519. The van der Waals surface area contributed by atoms with Gasteiger partial charge in [0.1, 0.15) is 5.82 Å². The lowest BCUT2D eigenvalue weighted by Gasteiger charge is -2.37. The molecular formula is C24H27N5O4. The van der Waals surface area contributed by atoms with Gasteiger partial charge in [-0.3, -0.25) is 0 Å². The zero-order valence-corrected chi connectivity index (χ0v) is 18.8. The minimum atomic E-state index is -0.966. The molecule has 0 saturated carbocycles. The summed E-state index contributed by atoms with van der Waals surface area (Å²) in [5, 5.41) is 10.2. The van der Waals surface area contributed by atoms with E-state index in [1.165, 1.54) is 0 Å². The van der Waals surface area contributed by atoms with Gasteiger partial charge in [0.2, 0.25) is 5.95 Å². The van der Waals surface area contributed by atoms with Crippen LogP contribution in [-0.2, 0) is 9.47 Å². The van der Waals surface area contributed by atoms with Crippen molar-refractivity contribution in [1.29, 1.82) is 0 Å². The van der Waals surface area contributed by atoms with Gasteiger partial charge in [-0.25, -0.2) is 9.78 Å². The van der Waals surface area contributed by atoms with Crippen molar-refractivity contribution in [2.75, 3.05) is 49.3 Å². The summed E-state index contributed by atoms with van der Waals surface area (Å²) in [5.41, 5.74) is 2.22. The fourth-order valence-corrected chi connectivity index (χ4v) is 4.37. The van der Waals surface area contributed by atoms with E-state index >= 15 is 0 Å². The summed E-state index contributed by atoms with van der Waals surface area (Å²) >= 11 is 0. The van der Waals surface area contributed by atoms with Gasteiger partial charge in [-0.1, -0.05) is 12.1 Å². The number of aromatic nitrogens is 3. The highest BCUT2D eigenvalue weighted by Gasteiger charge is 2.27. The van der Waals surface area contributed by atoms with Crippen molar-refractivity contribution in [3.8, 4) is 11.3 Å². The lowest BCUT2D eigenvalue weighted by molar-refractivity contribution is 0.0697. The highest BCUT2D eigenvalue weighted by Crippen LogP contribution is 2.31. The van der Waals surface area contributed by atoms with E-state index in [2.05, 4.69) is 23.6 Å². The quantitative estimate of drug-likeness (QED) is 0.644. The van der Waals surface area contributed by atoms with Crippen molar-refractivity contribution in [3.63, 3.8) is 0 Å². The highest BCUT2D eigenvalue weighted by atomic mass is 16.5. The van der Waals surface area contributed by atoms with E-state index in [9.17, 15) is 9.90 Å². The van der Waals surface area contributed by atoms with Crippen LogP contribution in [0.1, 0.15) is 24.2 Å². The van der Waals surface area contributed by atoms with Crippen LogP contribution in [-0.4, -0.2) is 77.6 Å². The third-order valence-electron chi connectivity index (χ3n) is 6.20. The van der Waals surface area contributed by atoms with Crippen molar-refractivity contribution >= 4 is 28.8 Å². The molecule has 0 spiro atoms. The number of carboxylic acid groups (broad SMARTS) is 1. The summed E-state index contributed by atoms with van der Waals surface area (Å²) in [6.07, 6.45) is 0. The Hall–Kier alpha value is -3.30. The summed E-state index contributed by atoms with van der Waals surface area (Å²) < 4.78 is 11.2. The van der Waals surface area contributed by atoms with Crippen LogP contribution in [0.2, 0.25) is 0 Å². The molecule has 2 aliphatic rings. The Bertz CT molecular complexity index is 1190. The number of aromatic carboxylic acids is 1. The molecule has 2 unspecified atom stereocenters. The average molecular weight is 450 g/mol. The molecule has 1 aromatic carbocycles.